The van der Waals surface area contributed by atoms with Crippen LogP contribution in [0.3, 0.4) is 0 Å². The Kier molecular flexibility index (Phi) is 4.11. The van der Waals surface area contributed by atoms with Crippen molar-refractivity contribution in [2.24, 2.45) is 11.1 Å². The van der Waals surface area contributed by atoms with Crippen molar-refractivity contribution < 1.29 is 4.79 Å². The van der Waals surface area contributed by atoms with Crippen molar-refractivity contribution in [3.05, 3.63) is 29.3 Å². The van der Waals surface area contributed by atoms with Crippen LogP contribution in [0.15, 0.2) is 18.2 Å². The normalized spacial score (nSPS) is 12.4. The fourth-order valence-corrected chi connectivity index (χ4v) is 1.99. The van der Waals surface area contributed by atoms with E-state index in [0.29, 0.717) is 0 Å². The van der Waals surface area contributed by atoms with Crippen LogP contribution in [0, 0.1) is 19.3 Å². The molecule has 0 heterocycles. The Labute approximate surface area is 116 Å². The van der Waals surface area contributed by atoms with Crippen LogP contribution in [-0.4, -0.2) is 18.5 Å². The topological polar surface area (TPSA) is 46.3 Å². The molecule has 0 radical (unpaired) electrons. The van der Waals surface area contributed by atoms with Crippen molar-refractivity contribution in [2.75, 3.05) is 11.9 Å². The van der Waals surface area contributed by atoms with Crippen LogP contribution in [-0.2, 0) is 4.79 Å². The predicted molar refractivity (Wildman–Crippen MR) is 81.4 cm³/mol. The average Bonchev–Trinajstić information content (AvgIpc) is 2.25. The molecule has 3 nitrogen and oxygen atoms in total. The molecule has 1 amide bonds. The maximum absolute atomic E-state index is 12.7. The molecule has 0 unspecified atom stereocenters. The van der Waals surface area contributed by atoms with Crippen LogP contribution in [0.5, 0.6) is 0 Å². The smallest absolute Gasteiger partial charge is 0.234 e. The number of hydrogen-bond donors (Lipinski definition) is 1. The number of anilines is 1. The first kappa shape index (κ1) is 15.7. The minimum absolute atomic E-state index is 0.0342. The van der Waals surface area contributed by atoms with E-state index in [0.717, 1.165) is 11.3 Å². The quantitative estimate of drug-likeness (QED) is 0.910. The van der Waals surface area contributed by atoms with E-state index >= 15 is 0 Å². The van der Waals surface area contributed by atoms with Gasteiger partial charge in [0.15, 0.2) is 0 Å². The molecule has 1 aromatic rings. The summed E-state index contributed by atoms with van der Waals surface area (Å²) in [7, 11) is 1.81. The standard InChI is InChI=1S/C16H26N2O/c1-11-8-9-13(12(2)10-11)18(7)14(19)15(3,4)16(5,6)17/h8-10H,17H2,1-7H3. The molecular weight excluding hydrogens is 236 g/mol. The monoisotopic (exact) mass is 262 g/mol. The summed E-state index contributed by atoms with van der Waals surface area (Å²) in [6.07, 6.45) is 0. The number of benzene rings is 1. The molecule has 1 rings (SSSR count). The SMILES string of the molecule is Cc1ccc(N(C)C(=O)C(C)(C)C(C)(C)N)c(C)c1. The Hall–Kier alpha value is -1.35. The van der Waals surface area contributed by atoms with Crippen molar-refractivity contribution in [1.29, 1.82) is 0 Å². The van der Waals surface area contributed by atoms with Crippen LogP contribution >= 0.6 is 0 Å². The number of nitrogens with zero attached hydrogens (tertiary/aromatic N) is 1. The summed E-state index contributed by atoms with van der Waals surface area (Å²) in [6, 6.07) is 6.09. The molecule has 0 bridgehead atoms. The van der Waals surface area contributed by atoms with Crippen molar-refractivity contribution in [3.63, 3.8) is 0 Å². The predicted octanol–water partition coefficient (Wildman–Crippen LogP) is 3.03. The lowest BCUT2D eigenvalue weighted by Gasteiger charge is -2.40. The molecular formula is C16H26N2O. The third kappa shape index (κ3) is 2.98. The fraction of sp³-hybridized carbons (Fsp3) is 0.562. The zero-order valence-corrected chi connectivity index (χ0v) is 13.2. The van der Waals surface area contributed by atoms with E-state index in [1.807, 2.05) is 60.7 Å². The van der Waals surface area contributed by atoms with E-state index in [2.05, 4.69) is 6.07 Å². The maximum Gasteiger partial charge on any atom is 0.234 e. The summed E-state index contributed by atoms with van der Waals surface area (Å²) in [6.45, 7) is 11.6. The van der Waals surface area contributed by atoms with E-state index in [9.17, 15) is 4.79 Å². The van der Waals surface area contributed by atoms with Gasteiger partial charge in [-0.25, -0.2) is 0 Å². The molecule has 0 atom stereocenters. The van der Waals surface area contributed by atoms with Gasteiger partial charge in [-0.15, -0.1) is 0 Å². The van der Waals surface area contributed by atoms with Crippen LogP contribution in [0.4, 0.5) is 5.69 Å². The number of aryl methyl sites for hydroxylation is 2. The number of nitrogens with two attached hydrogens (primary N) is 1. The Bertz CT molecular complexity index is 484. The summed E-state index contributed by atoms with van der Waals surface area (Å²) in [5.41, 5.74) is 8.18. The third-order valence-electron chi connectivity index (χ3n) is 4.16. The molecule has 0 aliphatic heterocycles. The second-order valence-corrected chi connectivity index (χ2v) is 6.50. The molecule has 106 valence electrons. The molecule has 0 aliphatic rings. The molecule has 0 fully saturated rings. The van der Waals surface area contributed by atoms with Crippen molar-refractivity contribution in [2.45, 2.75) is 47.1 Å². The first-order valence-corrected chi connectivity index (χ1v) is 6.63. The lowest BCUT2D eigenvalue weighted by Crippen LogP contribution is -2.56. The summed E-state index contributed by atoms with van der Waals surface area (Å²) in [5.74, 6) is 0.0342. The van der Waals surface area contributed by atoms with Crippen molar-refractivity contribution >= 4 is 11.6 Å². The highest BCUT2D eigenvalue weighted by molar-refractivity contribution is 5.98. The van der Waals surface area contributed by atoms with Gasteiger partial charge in [0, 0.05) is 18.3 Å². The minimum atomic E-state index is -0.626. The second kappa shape index (κ2) is 4.97. The van der Waals surface area contributed by atoms with Crippen LogP contribution in [0.25, 0.3) is 0 Å². The maximum atomic E-state index is 12.7. The van der Waals surface area contributed by atoms with Crippen LogP contribution in [0.1, 0.15) is 38.8 Å². The zero-order chi connectivity index (χ0) is 15.0. The first-order valence-electron chi connectivity index (χ1n) is 6.63. The Morgan fingerprint density at radius 2 is 1.68 bits per heavy atom. The van der Waals surface area contributed by atoms with Gasteiger partial charge in [-0.3, -0.25) is 4.79 Å². The summed E-state index contributed by atoms with van der Waals surface area (Å²) in [4.78, 5) is 14.4. The Balaban J connectivity index is 3.13. The number of rotatable bonds is 3. The minimum Gasteiger partial charge on any atom is -0.325 e. The Morgan fingerprint density at radius 3 is 2.11 bits per heavy atom. The van der Waals surface area contributed by atoms with E-state index in [-0.39, 0.29) is 5.91 Å². The van der Waals surface area contributed by atoms with Gasteiger partial charge in [0.2, 0.25) is 5.91 Å². The fourth-order valence-electron chi connectivity index (χ4n) is 1.99. The highest BCUT2D eigenvalue weighted by atomic mass is 16.2. The van der Waals surface area contributed by atoms with Gasteiger partial charge in [-0.05, 0) is 53.2 Å². The molecule has 0 spiro atoms. The van der Waals surface area contributed by atoms with Crippen LogP contribution < -0.4 is 10.6 Å². The van der Waals surface area contributed by atoms with Gasteiger partial charge >= 0.3 is 0 Å². The number of hydrogen-bond acceptors (Lipinski definition) is 2. The average molecular weight is 262 g/mol. The zero-order valence-electron chi connectivity index (χ0n) is 13.2. The van der Waals surface area contributed by atoms with E-state index < -0.39 is 11.0 Å². The third-order valence-corrected chi connectivity index (χ3v) is 4.16. The number of amides is 1. The van der Waals surface area contributed by atoms with Gasteiger partial charge in [0.1, 0.15) is 0 Å². The van der Waals surface area contributed by atoms with E-state index in [1.54, 1.807) is 4.90 Å². The van der Waals surface area contributed by atoms with Crippen molar-refractivity contribution in [1.82, 2.24) is 0 Å². The first-order chi connectivity index (χ1) is 8.48. The van der Waals surface area contributed by atoms with Gasteiger partial charge in [-0.2, -0.15) is 0 Å². The molecule has 1 aromatic carbocycles. The van der Waals surface area contributed by atoms with E-state index in [4.69, 9.17) is 5.73 Å². The van der Waals surface area contributed by atoms with E-state index in [1.165, 1.54) is 5.56 Å². The van der Waals surface area contributed by atoms with Gasteiger partial charge < -0.3 is 10.6 Å². The summed E-state index contributed by atoms with van der Waals surface area (Å²) in [5, 5.41) is 0. The summed E-state index contributed by atoms with van der Waals surface area (Å²) >= 11 is 0. The lowest BCUT2D eigenvalue weighted by atomic mass is 9.74. The molecule has 2 N–H and O–H groups in total. The molecule has 0 saturated heterocycles. The molecule has 0 aromatic heterocycles. The molecule has 19 heavy (non-hydrogen) atoms. The number of carbonyl (C=O) groups is 1. The highest BCUT2D eigenvalue weighted by Gasteiger charge is 2.42. The highest BCUT2D eigenvalue weighted by Crippen LogP contribution is 2.32. The molecule has 0 saturated carbocycles. The molecule has 3 heteroatoms. The largest absolute Gasteiger partial charge is 0.325 e. The van der Waals surface area contributed by atoms with Crippen molar-refractivity contribution in [3.8, 4) is 0 Å². The van der Waals surface area contributed by atoms with Gasteiger partial charge in [0.25, 0.3) is 0 Å². The molecule has 0 aliphatic carbocycles. The Morgan fingerprint density at radius 1 is 1.16 bits per heavy atom. The lowest BCUT2D eigenvalue weighted by molar-refractivity contribution is -0.129. The van der Waals surface area contributed by atoms with Gasteiger partial charge in [-0.1, -0.05) is 17.7 Å². The second-order valence-electron chi connectivity index (χ2n) is 6.50. The number of carbonyl (C=O) groups excluding carboxylic acids is 1. The van der Waals surface area contributed by atoms with Gasteiger partial charge in [0.05, 0.1) is 5.41 Å². The van der Waals surface area contributed by atoms with Crippen LogP contribution in [0.2, 0.25) is 0 Å². The summed E-state index contributed by atoms with van der Waals surface area (Å²) < 4.78 is 0.